The molecule has 0 N–H and O–H groups in total. The Morgan fingerprint density at radius 2 is 2.14 bits per heavy atom. The minimum absolute atomic E-state index is 0.683. The first-order valence-electron chi connectivity index (χ1n) is 2.50. The molecule has 1 nitrogen and oxygen atoms in total. The molecule has 0 saturated carbocycles. The monoisotopic (exact) mass is 99.1 g/mol. The summed E-state index contributed by atoms with van der Waals surface area (Å²) < 4.78 is 0. The van der Waals surface area contributed by atoms with E-state index in [4.69, 9.17) is 0 Å². The molecule has 1 heteroatoms. The van der Waals surface area contributed by atoms with Crippen LogP contribution in [0.5, 0.6) is 0 Å². The van der Waals surface area contributed by atoms with Crippen molar-refractivity contribution >= 4 is 6.29 Å². The third-order valence-electron chi connectivity index (χ3n) is 0.762. The van der Waals surface area contributed by atoms with E-state index < -0.39 is 0 Å². The van der Waals surface area contributed by atoms with Gasteiger partial charge in [-0.15, -0.1) is 0 Å². The van der Waals surface area contributed by atoms with Crippen LogP contribution in [-0.4, -0.2) is 6.29 Å². The average molecular weight is 99.2 g/mol. The van der Waals surface area contributed by atoms with Crippen LogP contribution < -0.4 is 0 Å². The molecule has 0 aromatic carbocycles. The van der Waals surface area contributed by atoms with Crippen LogP contribution in [0.2, 0.25) is 0 Å². The summed E-state index contributed by atoms with van der Waals surface area (Å²) in [6.07, 6.45) is 2.58. The third kappa shape index (κ3) is 5.67. The smallest absolute Gasteiger partial charge is 0.117 e. The third-order valence-corrected chi connectivity index (χ3v) is 0.762. The molecule has 7 heavy (non-hydrogen) atoms. The first kappa shape index (κ1) is 6.67. The van der Waals surface area contributed by atoms with E-state index in [-0.39, 0.29) is 0 Å². The highest BCUT2D eigenvalue weighted by Crippen LogP contribution is 2.02. The standard InChI is InChI=1S/C6H11O/c1-6(2)4-3-5-7/h5H,3-4H2,1-2H3/q-1. The molecule has 0 fully saturated rings. The van der Waals surface area contributed by atoms with Gasteiger partial charge in [-0.3, -0.25) is 0 Å². The lowest BCUT2D eigenvalue weighted by atomic mass is 10.1. The number of hydrogen-bond donors (Lipinski definition) is 0. The van der Waals surface area contributed by atoms with Crippen LogP contribution in [0.3, 0.4) is 0 Å². The van der Waals surface area contributed by atoms with E-state index in [1.165, 1.54) is 5.92 Å². The number of hydrogen-bond acceptors (Lipinski definition) is 1. The van der Waals surface area contributed by atoms with Crippen molar-refractivity contribution in [1.82, 2.24) is 0 Å². The normalized spacial score (nSPS) is 9.57. The molecule has 0 heterocycles. The highest BCUT2D eigenvalue weighted by Gasteiger charge is 1.75. The molecule has 0 saturated heterocycles. The number of carbonyl (C=O) groups excluding carboxylic acids is 1. The zero-order valence-electron chi connectivity index (χ0n) is 4.90. The number of rotatable bonds is 3. The van der Waals surface area contributed by atoms with Crippen LogP contribution in [0.4, 0.5) is 0 Å². The summed E-state index contributed by atoms with van der Waals surface area (Å²) in [5.41, 5.74) is 0. The molecular formula is C6H11O-. The summed E-state index contributed by atoms with van der Waals surface area (Å²) in [4.78, 5) is 9.70. The molecule has 0 unspecified atom stereocenters. The van der Waals surface area contributed by atoms with Gasteiger partial charge in [0.1, 0.15) is 6.29 Å². The Bertz CT molecular complexity index is 48.1. The van der Waals surface area contributed by atoms with Crippen molar-refractivity contribution in [2.45, 2.75) is 26.7 Å². The van der Waals surface area contributed by atoms with E-state index >= 15 is 0 Å². The minimum atomic E-state index is 0.683. The Kier molecular flexibility index (Phi) is 3.67. The van der Waals surface area contributed by atoms with Gasteiger partial charge in [-0.2, -0.15) is 20.3 Å². The average Bonchev–Trinajstić information content (AvgIpc) is 1.61. The van der Waals surface area contributed by atoms with Crippen molar-refractivity contribution in [3.63, 3.8) is 0 Å². The van der Waals surface area contributed by atoms with Crippen molar-refractivity contribution in [3.05, 3.63) is 5.92 Å². The van der Waals surface area contributed by atoms with Crippen LogP contribution in [0, 0.1) is 5.92 Å². The van der Waals surface area contributed by atoms with Gasteiger partial charge >= 0.3 is 0 Å². The largest absolute Gasteiger partial charge is 0.319 e. The first-order valence-corrected chi connectivity index (χ1v) is 2.50. The van der Waals surface area contributed by atoms with Gasteiger partial charge in [0, 0.05) is 0 Å². The molecule has 0 aliphatic heterocycles. The van der Waals surface area contributed by atoms with Crippen molar-refractivity contribution in [1.29, 1.82) is 0 Å². The highest BCUT2D eigenvalue weighted by molar-refractivity contribution is 5.49. The molecule has 0 bridgehead atoms. The molecule has 0 aromatic heterocycles. The maximum absolute atomic E-state index is 9.70. The van der Waals surface area contributed by atoms with Gasteiger partial charge in [0.2, 0.25) is 0 Å². The van der Waals surface area contributed by atoms with Crippen LogP contribution in [0.25, 0.3) is 0 Å². The second-order valence-electron chi connectivity index (χ2n) is 1.91. The van der Waals surface area contributed by atoms with Gasteiger partial charge in [-0.1, -0.05) is 0 Å². The zero-order valence-corrected chi connectivity index (χ0v) is 4.90. The predicted molar refractivity (Wildman–Crippen MR) is 29.9 cm³/mol. The van der Waals surface area contributed by atoms with E-state index in [9.17, 15) is 4.79 Å². The van der Waals surface area contributed by atoms with Crippen LogP contribution in [0.1, 0.15) is 26.7 Å². The molecule has 0 aliphatic carbocycles. The van der Waals surface area contributed by atoms with Gasteiger partial charge in [-0.05, 0) is 6.42 Å². The van der Waals surface area contributed by atoms with Gasteiger partial charge in [0.05, 0.1) is 0 Å². The fourth-order valence-electron chi connectivity index (χ4n) is 0.348. The van der Waals surface area contributed by atoms with E-state index in [0.29, 0.717) is 6.42 Å². The summed E-state index contributed by atoms with van der Waals surface area (Å²) >= 11 is 0. The van der Waals surface area contributed by atoms with E-state index in [0.717, 1.165) is 12.7 Å². The minimum Gasteiger partial charge on any atom is -0.319 e. The zero-order chi connectivity index (χ0) is 5.70. The highest BCUT2D eigenvalue weighted by atomic mass is 16.1. The topological polar surface area (TPSA) is 17.1 Å². The van der Waals surface area contributed by atoms with E-state index in [2.05, 4.69) is 0 Å². The van der Waals surface area contributed by atoms with E-state index in [1.54, 1.807) is 0 Å². The lowest BCUT2D eigenvalue weighted by Crippen LogP contribution is -1.83. The molecule has 0 atom stereocenters. The fraction of sp³-hybridized carbons (Fsp3) is 0.667. The Labute approximate surface area is 44.7 Å². The van der Waals surface area contributed by atoms with Gasteiger partial charge in [-0.25, -0.2) is 0 Å². The van der Waals surface area contributed by atoms with Crippen molar-refractivity contribution in [3.8, 4) is 0 Å². The molecule has 0 amide bonds. The molecule has 0 spiro atoms. The predicted octanol–water partition coefficient (Wildman–Crippen LogP) is 1.58. The lowest BCUT2D eigenvalue weighted by Gasteiger charge is -2.12. The molecular weight excluding hydrogens is 88.1 g/mol. The van der Waals surface area contributed by atoms with Crippen LogP contribution >= 0.6 is 0 Å². The Morgan fingerprint density at radius 3 is 2.29 bits per heavy atom. The Balaban J connectivity index is 2.81. The maximum atomic E-state index is 9.70. The van der Waals surface area contributed by atoms with Crippen molar-refractivity contribution in [2.75, 3.05) is 0 Å². The van der Waals surface area contributed by atoms with Crippen LogP contribution in [-0.2, 0) is 4.79 Å². The number of carbonyl (C=O) groups is 1. The second kappa shape index (κ2) is 3.85. The van der Waals surface area contributed by atoms with Crippen molar-refractivity contribution < 1.29 is 4.79 Å². The van der Waals surface area contributed by atoms with E-state index in [1.807, 2.05) is 13.8 Å². The molecule has 0 aromatic rings. The SMILES string of the molecule is C[C-](C)CCC=O. The molecule has 0 radical (unpaired) electrons. The fourth-order valence-corrected chi connectivity index (χ4v) is 0.348. The van der Waals surface area contributed by atoms with Crippen LogP contribution in [0.15, 0.2) is 0 Å². The molecule has 42 valence electrons. The Hall–Kier alpha value is -0.330. The lowest BCUT2D eigenvalue weighted by molar-refractivity contribution is -0.107. The molecule has 0 rings (SSSR count). The summed E-state index contributed by atoms with van der Waals surface area (Å²) in [6.45, 7) is 4.06. The number of aldehydes is 1. The van der Waals surface area contributed by atoms with Crippen molar-refractivity contribution in [2.24, 2.45) is 0 Å². The molecule has 0 aliphatic rings. The quantitative estimate of drug-likeness (QED) is 0.388. The van der Waals surface area contributed by atoms with Gasteiger partial charge < -0.3 is 10.7 Å². The van der Waals surface area contributed by atoms with Gasteiger partial charge in [0.15, 0.2) is 0 Å². The summed E-state index contributed by atoms with van der Waals surface area (Å²) in [5.74, 6) is 1.33. The second-order valence-corrected chi connectivity index (χ2v) is 1.91. The van der Waals surface area contributed by atoms with Gasteiger partial charge in [0.25, 0.3) is 0 Å². The summed E-state index contributed by atoms with van der Waals surface area (Å²) in [5, 5.41) is 0. The first-order chi connectivity index (χ1) is 3.27. The summed E-state index contributed by atoms with van der Waals surface area (Å²) in [6, 6.07) is 0. The summed E-state index contributed by atoms with van der Waals surface area (Å²) in [7, 11) is 0. The Morgan fingerprint density at radius 1 is 1.57 bits per heavy atom. The maximum Gasteiger partial charge on any atom is 0.117 e.